The maximum Gasteiger partial charge on any atom is 0.362 e. The van der Waals surface area contributed by atoms with E-state index in [0.717, 1.165) is 18.2 Å². The van der Waals surface area contributed by atoms with Gasteiger partial charge in [-0.25, -0.2) is 10.3 Å². The molecule has 13 heteroatoms. The Balaban J connectivity index is 1.65. The number of hydrogen-bond donors (Lipinski definition) is 1. The SMILES string of the molecule is O=C(N=Nc1ccc(NOC(=O)c2cccc(Cl)c2)cc1)c1cc([N+](=O)[O-])cc([N+](=O)[O-])c1. The molecule has 0 unspecified atom stereocenters. The van der Waals surface area contributed by atoms with Crippen LogP contribution in [-0.2, 0) is 4.84 Å². The van der Waals surface area contributed by atoms with Crippen molar-refractivity contribution in [2.24, 2.45) is 10.2 Å². The number of hydrogen-bond acceptors (Lipinski definition) is 9. The van der Waals surface area contributed by atoms with Gasteiger partial charge >= 0.3 is 5.97 Å². The van der Waals surface area contributed by atoms with Crippen molar-refractivity contribution in [3.05, 3.63) is 103 Å². The minimum Gasteiger partial charge on any atom is -0.338 e. The maximum atomic E-state index is 12.2. The van der Waals surface area contributed by atoms with Crippen molar-refractivity contribution in [1.82, 2.24) is 0 Å². The first-order chi connectivity index (χ1) is 15.7. The van der Waals surface area contributed by atoms with Crippen LogP contribution >= 0.6 is 11.6 Å². The highest BCUT2D eigenvalue weighted by Crippen LogP contribution is 2.24. The topological polar surface area (TPSA) is 166 Å². The average molecular weight is 470 g/mol. The summed E-state index contributed by atoms with van der Waals surface area (Å²) in [5.41, 5.74) is 1.73. The minimum atomic E-state index is -1.00. The lowest BCUT2D eigenvalue weighted by Gasteiger charge is -2.07. The van der Waals surface area contributed by atoms with Crippen LogP contribution in [0, 0.1) is 20.2 Å². The Hall–Kier alpha value is -4.71. The molecule has 0 aliphatic carbocycles. The molecule has 3 aromatic carbocycles. The Morgan fingerprint density at radius 3 is 2.09 bits per heavy atom. The quantitative estimate of drug-likeness (QED) is 0.277. The number of carbonyl (C=O) groups is 2. The second-order valence-electron chi connectivity index (χ2n) is 6.31. The van der Waals surface area contributed by atoms with E-state index in [2.05, 4.69) is 15.7 Å². The van der Waals surface area contributed by atoms with Gasteiger partial charge in [-0.1, -0.05) is 17.7 Å². The second kappa shape index (κ2) is 10.1. The molecule has 0 heterocycles. The number of rotatable bonds is 7. The number of non-ortho nitro benzene ring substituents is 2. The number of anilines is 1. The Morgan fingerprint density at radius 1 is 0.879 bits per heavy atom. The largest absolute Gasteiger partial charge is 0.362 e. The van der Waals surface area contributed by atoms with Gasteiger partial charge in [0.05, 0.1) is 38.4 Å². The predicted molar refractivity (Wildman–Crippen MR) is 116 cm³/mol. The summed E-state index contributed by atoms with van der Waals surface area (Å²) >= 11 is 5.83. The molecule has 3 rings (SSSR count). The molecule has 0 bridgehead atoms. The summed E-state index contributed by atoms with van der Waals surface area (Å²) in [5.74, 6) is -1.66. The van der Waals surface area contributed by atoms with E-state index in [0.29, 0.717) is 10.7 Å². The molecular formula is C20H12ClN5O7. The van der Waals surface area contributed by atoms with Crippen molar-refractivity contribution < 1.29 is 24.3 Å². The molecule has 12 nitrogen and oxygen atoms in total. The molecule has 0 saturated carbocycles. The number of halogens is 1. The lowest BCUT2D eigenvalue weighted by molar-refractivity contribution is -0.394. The molecule has 166 valence electrons. The molecule has 1 N–H and O–H groups in total. The minimum absolute atomic E-state index is 0.231. The summed E-state index contributed by atoms with van der Waals surface area (Å²) in [6.45, 7) is 0. The molecule has 0 radical (unpaired) electrons. The third-order valence-corrected chi connectivity index (χ3v) is 4.25. The number of azo groups is 1. The van der Waals surface area contributed by atoms with Crippen molar-refractivity contribution in [2.45, 2.75) is 0 Å². The summed E-state index contributed by atoms with van der Waals surface area (Å²) in [6.07, 6.45) is 0. The summed E-state index contributed by atoms with van der Waals surface area (Å²) in [6, 6.07) is 14.5. The van der Waals surface area contributed by atoms with Crippen LogP contribution in [-0.4, -0.2) is 21.7 Å². The van der Waals surface area contributed by atoms with Gasteiger partial charge in [0.15, 0.2) is 0 Å². The number of carbonyl (C=O) groups excluding carboxylic acids is 2. The number of nitro benzene ring substituents is 2. The Kier molecular flexibility index (Phi) is 7.00. The fraction of sp³-hybridized carbons (Fsp3) is 0. The molecule has 0 saturated heterocycles. The summed E-state index contributed by atoms with van der Waals surface area (Å²) in [5, 5.41) is 29.4. The zero-order valence-corrected chi connectivity index (χ0v) is 17.1. The van der Waals surface area contributed by atoms with E-state index < -0.39 is 33.1 Å². The van der Waals surface area contributed by atoms with Gasteiger partial charge < -0.3 is 4.84 Å². The second-order valence-corrected chi connectivity index (χ2v) is 6.74. The molecule has 33 heavy (non-hydrogen) atoms. The van der Waals surface area contributed by atoms with Crippen LogP contribution in [0.3, 0.4) is 0 Å². The van der Waals surface area contributed by atoms with Gasteiger partial charge in [0.25, 0.3) is 17.3 Å². The molecular weight excluding hydrogens is 458 g/mol. The van der Waals surface area contributed by atoms with Crippen LogP contribution in [0.25, 0.3) is 0 Å². The number of nitrogens with zero attached hydrogens (tertiary/aromatic N) is 4. The lowest BCUT2D eigenvalue weighted by Crippen LogP contribution is -2.10. The van der Waals surface area contributed by atoms with Crippen molar-refractivity contribution >= 4 is 46.2 Å². The zero-order valence-electron chi connectivity index (χ0n) is 16.4. The van der Waals surface area contributed by atoms with Gasteiger partial charge in [0, 0.05) is 17.2 Å². The fourth-order valence-corrected chi connectivity index (χ4v) is 2.66. The standard InChI is InChI=1S/C20H12ClN5O7/c21-14-3-1-2-12(8-14)20(28)33-24-16-6-4-15(5-7-16)22-23-19(27)13-9-17(25(29)30)11-18(10-13)26(31)32/h1-11,24H. The summed E-state index contributed by atoms with van der Waals surface area (Å²) in [7, 11) is 0. The maximum absolute atomic E-state index is 12.2. The van der Waals surface area contributed by atoms with Crippen LogP contribution in [0.15, 0.2) is 77.0 Å². The number of amides is 1. The lowest BCUT2D eigenvalue weighted by atomic mass is 10.1. The first-order valence-electron chi connectivity index (χ1n) is 8.95. The fourth-order valence-electron chi connectivity index (χ4n) is 2.47. The van der Waals surface area contributed by atoms with Gasteiger partial charge in [-0.15, -0.1) is 10.2 Å². The third-order valence-electron chi connectivity index (χ3n) is 4.02. The van der Waals surface area contributed by atoms with Crippen LogP contribution in [0.2, 0.25) is 5.02 Å². The highest BCUT2D eigenvalue weighted by atomic mass is 35.5. The van der Waals surface area contributed by atoms with E-state index >= 15 is 0 Å². The number of benzene rings is 3. The van der Waals surface area contributed by atoms with E-state index in [-0.39, 0.29) is 16.8 Å². The molecule has 0 aliphatic rings. The van der Waals surface area contributed by atoms with Crippen molar-refractivity contribution in [2.75, 3.05) is 5.48 Å². The summed E-state index contributed by atoms with van der Waals surface area (Å²) in [4.78, 5) is 49.3. The first-order valence-corrected chi connectivity index (χ1v) is 9.33. The number of nitro groups is 2. The van der Waals surface area contributed by atoms with Gasteiger partial charge in [0.1, 0.15) is 0 Å². The Morgan fingerprint density at radius 2 is 1.52 bits per heavy atom. The van der Waals surface area contributed by atoms with Crippen molar-refractivity contribution in [3.8, 4) is 0 Å². The smallest absolute Gasteiger partial charge is 0.338 e. The molecule has 1 amide bonds. The Labute approximate surface area is 189 Å². The highest BCUT2D eigenvalue weighted by Gasteiger charge is 2.19. The van der Waals surface area contributed by atoms with Gasteiger partial charge in [-0.2, -0.15) is 0 Å². The molecule has 0 aliphatic heterocycles. The summed E-state index contributed by atoms with van der Waals surface area (Å²) < 4.78 is 0. The van der Waals surface area contributed by atoms with Crippen LogP contribution in [0.1, 0.15) is 20.7 Å². The van der Waals surface area contributed by atoms with E-state index in [1.807, 2.05) is 0 Å². The molecule has 0 atom stereocenters. The number of nitrogens with one attached hydrogen (secondary N) is 1. The molecule has 3 aromatic rings. The van der Waals surface area contributed by atoms with E-state index in [1.54, 1.807) is 12.1 Å². The molecule has 0 fully saturated rings. The van der Waals surface area contributed by atoms with Gasteiger partial charge in [-0.3, -0.25) is 25.0 Å². The van der Waals surface area contributed by atoms with Crippen molar-refractivity contribution in [3.63, 3.8) is 0 Å². The van der Waals surface area contributed by atoms with Crippen LogP contribution in [0.4, 0.5) is 22.7 Å². The first kappa shape index (κ1) is 23.0. The predicted octanol–water partition coefficient (Wildman–Crippen LogP) is 5.26. The van der Waals surface area contributed by atoms with Crippen LogP contribution in [0.5, 0.6) is 0 Å². The molecule has 0 spiro atoms. The Bertz CT molecular complexity index is 1250. The normalized spacial score (nSPS) is 10.6. The average Bonchev–Trinajstić information content (AvgIpc) is 2.81. The zero-order chi connectivity index (χ0) is 24.0. The molecule has 0 aromatic heterocycles. The monoisotopic (exact) mass is 469 g/mol. The van der Waals surface area contributed by atoms with E-state index in [4.69, 9.17) is 16.4 Å². The van der Waals surface area contributed by atoms with Gasteiger partial charge in [-0.05, 0) is 42.5 Å². The third kappa shape index (κ3) is 6.15. The van der Waals surface area contributed by atoms with Crippen LogP contribution < -0.4 is 5.48 Å². The van der Waals surface area contributed by atoms with Gasteiger partial charge in [0.2, 0.25) is 0 Å². The highest BCUT2D eigenvalue weighted by molar-refractivity contribution is 6.30. The van der Waals surface area contributed by atoms with E-state index in [9.17, 15) is 29.8 Å². The van der Waals surface area contributed by atoms with Crippen molar-refractivity contribution in [1.29, 1.82) is 0 Å². The van der Waals surface area contributed by atoms with E-state index in [1.165, 1.54) is 36.4 Å².